The normalized spacial score (nSPS) is 12.8. The fraction of sp³-hybridized carbons (Fsp3) is 0.529. The number of unbranched alkanes of at least 4 members (excludes halogenated alkanes) is 1. The largest absolute Gasteiger partial charge is 0.480 e. The van der Waals surface area contributed by atoms with Crippen LogP contribution in [0.15, 0.2) is 29.2 Å². The molecule has 1 aromatic rings. The Hall–Kier alpha value is -1.93. The molecule has 0 heterocycles. The number of aliphatic carboxylic acids is 1. The third-order valence-corrected chi connectivity index (χ3v) is 5.31. The number of nitrogens with one attached hydrogen (secondary N) is 1. The van der Waals surface area contributed by atoms with E-state index in [2.05, 4.69) is 4.72 Å². The second kappa shape index (κ2) is 8.96. The second-order valence-electron chi connectivity index (χ2n) is 6.26. The molecule has 25 heavy (non-hydrogen) atoms. The van der Waals surface area contributed by atoms with Crippen LogP contribution in [0.4, 0.5) is 0 Å². The van der Waals surface area contributed by atoms with E-state index in [1.807, 2.05) is 6.92 Å². The van der Waals surface area contributed by atoms with Crippen molar-refractivity contribution in [2.24, 2.45) is 5.92 Å². The molecule has 8 heteroatoms. The zero-order valence-electron chi connectivity index (χ0n) is 15.0. The standard InChI is InChI=1S/C17H26N2O5S/c1-5-6-11-19(4)16(20)13-9-7-8-10-14(13)25(23,24)18-15(12(2)3)17(21)22/h7-10,12,15,18H,5-6,11H2,1-4H3,(H,21,22)/t15-/m0/s1. The summed E-state index contributed by atoms with van der Waals surface area (Å²) in [4.78, 5) is 25.1. The quantitative estimate of drug-likeness (QED) is 0.691. The van der Waals surface area contributed by atoms with Gasteiger partial charge in [-0.25, -0.2) is 8.42 Å². The van der Waals surface area contributed by atoms with Gasteiger partial charge in [0.15, 0.2) is 0 Å². The summed E-state index contributed by atoms with van der Waals surface area (Å²) in [5, 5.41) is 9.22. The molecule has 1 atom stereocenters. The van der Waals surface area contributed by atoms with Crippen molar-refractivity contribution < 1.29 is 23.1 Å². The maximum atomic E-state index is 12.7. The maximum absolute atomic E-state index is 12.7. The molecule has 1 aromatic carbocycles. The number of carbonyl (C=O) groups is 2. The highest BCUT2D eigenvalue weighted by atomic mass is 32.2. The Morgan fingerprint density at radius 3 is 2.36 bits per heavy atom. The molecule has 0 spiro atoms. The molecule has 0 aliphatic carbocycles. The molecular formula is C17H26N2O5S. The number of benzene rings is 1. The van der Waals surface area contributed by atoms with Crippen molar-refractivity contribution in [3.05, 3.63) is 29.8 Å². The molecule has 140 valence electrons. The van der Waals surface area contributed by atoms with Crippen LogP contribution in [0.5, 0.6) is 0 Å². The third kappa shape index (κ3) is 5.54. The average molecular weight is 370 g/mol. The van der Waals surface area contributed by atoms with Crippen LogP contribution in [0.1, 0.15) is 44.0 Å². The maximum Gasteiger partial charge on any atom is 0.322 e. The number of carboxylic acid groups (broad SMARTS) is 1. The van der Waals surface area contributed by atoms with Gasteiger partial charge in [0.2, 0.25) is 10.0 Å². The summed E-state index contributed by atoms with van der Waals surface area (Å²) in [6.45, 7) is 5.73. The molecule has 1 amide bonds. The van der Waals surface area contributed by atoms with Gasteiger partial charge in [0.25, 0.3) is 5.91 Å². The van der Waals surface area contributed by atoms with E-state index < -0.39 is 33.9 Å². The van der Waals surface area contributed by atoms with E-state index in [9.17, 15) is 23.1 Å². The Bertz CT molecular complexity index is 716. The van der Waals surface area contributed by atoms with Crippen LogP contribution in [0.2, 0.25) is 0 Å². The molecule has 2 N–H and O–H groups in total. The summed E-state index contributed by atoms with van der Waals surface area (Å²) in [6.07, 6.45) is 1.72. The molecule has 0 fully saturated rings. The lowest BCUT2D eigenvalue weighted by atomic mass is 10.1. The van der Waals surface area contributed by atoms with Gasteiger partial charge >= 0.3 is 5.97 Å². The van der Waals surface area contributed by atoms with Crippen LogP contribution >= 0.6 is 0 Å². The lowest BCUT2D eigenvalue weighted by molar-refractivity contribution is -0.140. The summed E-state index contributed by atoms with van der Waals surface area (Å²) in [7, 11) is -2.54. The minimum atomic E-state index is -4.16. The van der Waals surface area contributed by atoms with E-state index in [1.165, 1.54) is 23.1 Å². The first-order valence-corrected chi connectivity index (χ1v) is 9.69. The van der Waals surface area contributed by atoms with E-state index >= 15 is 0 Å². The van der Waals surface area contributed by atoms with Crippen LogP contribution in [0, 0.1) is 5.92 Å². The number of carboxylic acids is 1. The number of sulfonamides is 1. The Morgan fingerprint density at radius 2 is 1.84 bits per heavy atom. The van der Waals surface area contributed by atoms with Gasteiger partial charge in [0.05, 0.1) is 10.5 Å². The highest BCUT2D eigenvalue weighted by molar-refractivity contribution is 7.89. The molecule has 0 aromatic heterocycles. The van der Waals surface area contributed by atoms with Crippen molar-refractivity contribution in [3.63, 3.8) is 0 Å². The van der Waals surface area contributed by atoms with E-state index in [0.29, 0.717) is 6.54 Å². The molecule has 0 saturated heterocycles. The topological polar surface area (TPSA) is 104 Å². The summed E-state index contributed by atoms with van der Waals surface area (Å²) < 4.78 is 27.5. The molecular weight excluding hydrogens is 344 g/mol. The number of rotatable bonds is 9. The van der Waals surface area contributed by atoms with E-state index in [0.717, 1.165) is 12.8 Å². The zero-order valence-corrected chi connectivity index (χ0v) is 15.8. The summed E-state index contributed by atoms with van der Waals surface area (Å²) in [6, 6.07) is 4.55. The highest BCUT2D eigenvalue weighted by Crippen LogP contribution is 2.19. The minimum Gasteiger partial charge on any atom is -0.480 e. The minimum absolute atomic E-state index is 0.0292. The van der Waals surface area contributed by atoms with Gasteiger partial charge in [0.1, 0.15) is 6.04 Å². The van der Waals surface area contributed by atoms with E-state index in [-0.39, 0.29) is 10.5 Å². The Morgan fingerprint density at radius 1 is 1.24 bits per heavy atom. The van der Waals surface area contributed by atoms with Gasteiger partial charge in [-0.15, -0.1) is 0 Å². The van der Waals surface area contributed by atoms with Gasteiger partial charge in [-0.2, -0.15) is 4.72 Å². The van der Waals surface area contributed by atoms with Gasteiger partial charge in [0, 0.05) is 13.6 Å². The zero-order chi connectivity index (χ0) is 19.2. The van der Waals surface area contributed by atoms with Crippen molar-refractivity contribution in [2.45, 2.75) is 44.6 Å². The molecule has 0 aliphatic heterocycles. The van der Waals surface area contributed by atoms with Gasteiger partial charge in [-0.05, 0) is 24.5 Å². The molecule has 7 nitrogen and oxygen atoms in total. The van der Waals surface area contributed by atoms with Crippen LogP contribution in [0.25, 0.3) is 0 Å². The van der Waals surface area contributed by atoms with Gasteiger partial charge in [-0.3, -0.25) is 9.59 Å². The number of carbonyl (C=O) groups excluding carboxylic acids is 1. The summed E-state index contributed by atoms with van der Waals surface area (Å²) in [5.74, 6) is -2.12. The lowest BCUT2D eigenvalue weighted by Crippen LogP contribution is -2.44. The summed E-state index contributed by atoms with van der Waals surface area (Å²) in [5.41, 5.74) is 0.0292. The fourth-order valence-corrected chi connectivity index (χ4v) is 3.82. The van der Waals surface area contributed by atoms with Crippen LogP contribution in [0.3, 0.4) is 0 Å². The van der Waals surface area contributed by atoms with Crippen LogP contribution in [-0.2, 0) is 14.8 Å². The summed E-state index contributed by atoms with van der Waals surface area (Å²) >= 11 is 0. The second-order valence-corrected chi connectivity index (χ2v) is 7.94. The molecule has 0 radical (unpaired) electrons. The SMILES string of the molecule is CCCCN(C)C(=O)c1ccccc1S(=O)(=O)N[C@H](C(=O)O)C(C)C. The molecule has 0 aliphatic rings. The molecule has 0 unspecified atom stereocenters. The van der Waals surface area contributed by atoms with Crippen molar-refractivity contribution in [1.82, 2.24) is 9.62 Å². The van der Waals surface area contributed by atoms with Crippen LogP contribution in [-0.4, -0.2) is 49.9 Å². The van der Waals surface area contributed by atoms with Crippen molar-refractivity contribution in [1.29, 1.82) is 0 Å². The molecule has 1 rings (SSSR count). The Balaban J connectivity index is 3.21. The molecule has 0 bridgehead atoms. The number of amides is 1. The van der Waals surface area contributed by atoms with Gasteiger partial charge in [-0.1, -0.05) is 39.3 Å². The lowest BCUT2D eigenvalue weighted by Gasteiger charge is -2.21. The first-order chi connectivity index (χ1) is 11.6. The van der Waals surface area contributed by atoms with Gasteiger partial charge < -0.3 is 10.0 Å². The predicted octanol–water partition coefficient (Wildman–Crippen LogP) is 1.95. The number of nitrogens with zero attached hydrogens (tertiary/aromatic N) is 1. The monoisotopic (exact) mass is 370 g/mol. The predicted molar refractivity (Wildman–Crippen MR) is 94.9 cm³/mol. The Labute approximate surface area is 149 Å². The van der Waals surface area contributed by atoms with Crippen LogP contribution < -0.4 is 4.72 Å². The smallest absolute Gasteiger partial charge is 0.322 e. The van der Waals surface area contributed by atoms with Crippen molar-refractivity contribution >= 4 is 21.9 Å². The van der Waals surface area contributed by atoms with E-state index in [1.54, 1.807) is 27.0 Å². The average Bonchev–Trinajstić information content (AvgIpc) is 2.56. The van der Waals surface area contributed by atoms with E-state index in [4.69, 9.17) is 0 Å². The van der Waals surface area contributed by atoms with Crippen molar-refractivity contribution in [3.8, 4) is 0 Å². The highest BCUT2D eigenvalue weighted by Gasteiger charge is 2.30. The molecule has 0 saturated carbocycles. The number of hydrogen-bond donors (Lipinski definition) is 2. The first kappa shape index (κ1) is 21.1. The first-order valence-electron chi connectivity index (χ1n) is 8.21. The number of hydrogen-bond acceptors (Lipinski definition) is 4. The van der Waals surface area contributed by atoms with Crippen molar-refractivity contribution in [2.75, 3.05) is 13.6 Å². The fourth-order valence-electron chi connectivity index (χ4n) is 2.28. The Kier molecular flexibility index (Phi) is 7.57. The third-order valence-electron chi connectivity index (χ3n) is 3.82.